The highest BCUT2D eigenvalue weighted by atomic mass is 16.1. The van der Waals surface area contributed by atoms with Gasteiger partial charge in [0.2, 0.25) is 11.9 Å². The van der Waals surface area contributed by atoms with Gasteiger partial charge in [-0.25, -0.2) is 4.98 Å². The Morgan fingerprint density at radius 1 is 1.10 bits per heavy atom. The van der Waals surface area contributed by atoms with Crippen LogP contribution in [0, 0.1) is 5.92 Å². The van der Waals surface area contributed by atoms with Gasteiger partial charge in [0.1, 0.15) is 11.6 Å². The number of anilines is 3. The van der Waals surface area contributed by atoms with Crippen molar-refractivity contribution < 1.29 is 4.79 Å². The first kappa shape index (κ1) is 20.7. The quantitative estimate of drug-likeness (QED) is 0.729. The molecule has 2 fully saturated rings. The molecule has 0 amide bonds. The van der Waals surface area contributed by atoms with E-state index in [1.54, 1.807) is 6.20 Å². The molecule has 0 unspecified atom stereocenters. The van der Waals surface area contributed by atoms with Crippen LogP contribution in [0.4, 0.5) is 17.7 Å². The summed E-state index contributed by atoms with van der Waals surface area (Å²) in [6, 6.07) is 3.68. The Morgan fingerprint density at radius 3 is 2.60 bits per heavy atom. The number of nitrogens with zero attached hydrogens (tertiary/aromatic N) is 6. The van der Waals surface area contributed by atoms with Gasteiger partial charge in [-0.15, -0.1) is 0 Å². The van der Waals surface area contributed by atoms with Crippen LogP contribution in [0.3, 0.4) is 0 Å². The molecule has 0 bridgehead atoms. The van der Waals surface area contributed by atoms with Crippen LogP contribution >= 0.6 is 0 Å². The van der Waals surface area contributed by atoms with Crippen molar-refractivity contribution in [3.05, 3.63) is 29.7 Å². The molecule has 0 aromatic carbocycles. The molecule has 8 heteroatoms. The number of piperazine rings is 1. The Morgan fingerprint density at radius 2 is 1.87 bits per heavy atom. The van der Waals surface area contributed by atoms with Crippen molar-refractivity contribution >= 4 is 23.5 Å². The molecule has 2 aliphatic rings. The second-order valence-electron chi connectivity index (χ2n) is 8.24. The number of hydrogen-bond donors (Lipinski definition) is 1. The second kappa shape index (κ2) is 9.47. The summed E-state index contributed by atoms with van der Waals surface area (Å²) in [5, 5.41) is 3.22. The first-order chi connectivity index (χ1) is 14.6. The molecule has 160 valence electrons. The minimum Gasteiger partial charge on any atom is -0.338 e. The average molecular weight is 410 g/mol. The lowest BCUT2D eigenvalue weighted by Gasteiger charge is -2.32. The van der Waals surface area contributed by atoms with Gasteiger partial charge >= 0.3 is 0 Å². The molecule has 0 atom stereocenters. The van der Waals surface area contributed by atoms with Crippen molar-refractivity contribution in [2.45, 2.75) is 45.4 Å². The topological polar surface area (TPSA) is 87.1 Å². The van der Waals surface area contributed by atoms with Crippen LogP contribution in [0.15, 0.2) is 18.3 Å². The third kappa shape index (κ3) is 4.75. The van der Waals surface area contributed by atoms with Crippen molar-refractivity contribution in [3.63, 3.8) is 0 Å². The van der Waals surface area contributed by atoms with Gasteiger partial charge in [0, 0.05) is 44.7 Å². The van der Waals surface area contributed by atoms with Crippen molar-refractivity contribution in [3.8, 4) is 0 Å². The number of likely N-dealkylation sites (N-methyl/N-ethyl adjacent to an activating group) is 1. The molecule has 8 nitrogen and oxygen atoms in total. The number of hydrogen-bond acceptors (Lipinski definition) is 8. The summed E-state index contributed by atoms with van der Waals surface area (Å²) in [5.74, 6) is 2.67. The van der Waals surface area contributed by atoms with Crippen LogP contribution in [0.1, 0.15) is 55.2 Å². The van der Waals surface area contributed by atoms with E-state index in [1.807, 2.05) is 19.1 Å². The summed E-state index contributed by atoms with van der Waals surface area (Å²) in [5.41, 5.74) is 0.629. The van der Waals surface area contributed by atoms with Gasteiger partial charge in [0.05, 0.1) is 5.56 Å². The van der Waals surface area contributed by atoms with Gasteiger partial charge in [-0.2, -0.15) is 15.0 Å². The van der Waals surface area contributed by atoms with E-state index in [2.05, 4.69) is 42.1 Å². The third-order valence-electron chi connectivity index (χ3n) is 6.05. The second-order valence-corrected chi connectivity index (χ2v) is 8.24. The fraction of sp³-hybridized carbons (Fsp3) is 0.591. The fourth-order valence-electron chi connectivity index (χ4n) is 4.16. The molecule has 1 aliphatic heterocycles. The molecule has 0 spiro atoms. The van der Waals surface area contributed by atoms with Gasteiger partial charge in [0.15, 0.2) is 5.78 Å². The number of carbonyl (C=O) groups is 1. The maximum Gasteiger partial charge on any atom is 0.233 e. The van der Waals surface area contributed by atoms with E-state index in [9.17, 15) is 4.79 Å². The Labute approximate surface area is 178 Å². The molecule has 1 aliphatic carbocycles. The monoisotopic (exact) mass is 409 g/mol. The highest BCUT2D eigenvalue weighted by Gasteiger charge is 2.25. The molecule has 4 rings (SSSR count). The molecule has 0 radical (unpaired) electrons. The number of rotatable bonds is 6. The summed E-state index contributed by atoms with van der Waals surface area (Å²) in [4.78, 5) is 35.9. The van der Waals surface area contributed by atoms with Gasteiger partial charge in [-0.3, -0.25) is 4.79 Å². The lowest BCUT2D eigenvalue weighted by molar-refractivity contribution is 0.0890. The normalized spacial score (nSPS) is 18.4. The van der Waals surface area contributed by atoms with Crippen LogP contribution in [0.25, 0.3) is 0 Å². The van der Waals surface area contributed by atoms with E-state index in [0.717, 1.165) is 57.7 Å². The largest absolute Gasteiger partial charge is 0.338 e. The first-order valence-corrected chi connectivity index (χ1v) is 11.1. The van der Waals surface area contributed by atoms with E-state index in [-0.39, 0.29) is 11.7 Å². The lowest BCUT2D eigenvalue weighted by Crippen LogP contribution is -2.45. The highest BCUT2D eigenvalue weighted by molar-refractivity contribution is 6.02. The van der Waals surface area contributed by atoms with E-state index in [1.165, 1.54) is 6.42 Å². The van der Waals surface area contributed by atoms with E-state index < -0.39 is 0 Å². The number of aryl methyl sites for hydroxylation is 1. The maximum absolute atomic E-state index is 13.1. The predicted molar refractivity (Wildman–Crippen MR) is 117 cm³/mol. The lowest BCUT2D eigenvalue weighted by atomic mass is 9.84. The van der Waals surface area contributed by atoms with Gasteiger partial charge < -0.3 is 15.1 Å². The number of aromatic nitrogens is 4. The summed E-state index contributed by atoms with van der Waals surface area (Å²) in [6.07, 6.45) is 7.82. The van der Waals surface area contributed by atoms with Crippen LogP contribution in [0.5, 0.6) is 0 Å². The average Bonchev–Trinajstić information content (AvgIpc) is 2.80. The van der Waals surface area contributed by atoms with Crippen LogP contribution in [0.2, 0.25) is 0 Å². The maximum atomic E-state index is 13.1. The van der Waals surface area contributed by atoms with Crippen molar-refractivity contribution in [1.29, 1.82) is 0 Å². The molecule has 2 aromatic heterocycles. The van der Waals surface area contributed by atoms with Crippen molar-refractivity contribution in [2.75, 3.05) is 43.4 Å². The third-order valence-corrected chi connectivity index (χ3v) is 6.05. The van der Waals surface area contributed by atoms with Gasteiger partial charge in [0.25, 0.3) is 0 Å². The van der Waals surface area contributed by atoms with Crippen LogP contribution < -0.4 is 10.2 Å². The number of carbonyl (C=O) groups excluding carboxylic acids is 1. The van der Waals surface area contributed by atoms with Crippen LogP contribution in [-0.2, 0) is 6.42 Å². The minimum atomic E-state index is 0.0916. The van der Waals surface area contributed by atoms with Gasteiger partial charge in [-0.05, 0) is 32.0 Å². The van der Waals surface area contributed by atoms with E-state index in [0.29, 0.717) is 29.7 Å². The minimum absolute atomic E-state index is 0.0916. The summed E-state index contributed by atoms with van der Waals surface area (Å²) in [6.45, 7) is 5.77. The molecular formula is C22H31N7O. The number of ketones is 1. The smallest absolute Gasteiger partial charge is 0.233 e. The number of nitrogens with one attached hydrogen (secondary N) is 1. The standard InChI is InChI=1S/C22H31N7O/c1-3-18-24-21(27-22(25-18)29-14-12-28(2)13-15-29)26-20-17(10-7-11-23-20)19(30)16-8-5-4-6-9-16/h7,10-11,16H,3-6,8-9,12-15H2,1-2H3,(H,23,24,25,26,27). The summed E-state index contributed by atoms with van der Waals surface area (Å²) in [7, 11) is 2.13. The van der Waals surface area contributed by atoms with Crippen molar-refractivity contribution in [1.82, 2.24) is 24.8 Å². The molecule has 1 saturated heterocycles. The zero-order valence-corrected chi connectivity index (χ0v) is 18.0. The highest BCUT2D eigenvalue weighted by Crippen LogP contribution is 2.29. The number of Topliss-reactive ketones (excluding diaryl/α,β-unsaturated/α-hetero) is 1. The molecule has 2 aromatic rings. The van der Waals surface area contributed by atoms with E-state index in [4.69, 9.17) is 0 Å². The van der Waals surface area contributed by atoms with Crippen LogP contribution in [-0.4, -0.2) is 63.8 Å². The Hall–Kier alpha value is -2.61. The van der Waals surface area contributed by atoms with Crippen molar-refractivity contribution in [2.24, 2.45) is 5.92 Å². The molecule has 1 saturated carbocycles. The zero-order chi connectivity index (χ0) is 20.9. The fourth-order valence-corrected chi connectivity index (χ4v) is 4.16. The zero-order valence-electron chi connectivity index (χ0n) is 18.0. The first-order valence-electron chi connectivity index (χ1n) is 11.1. The Bertz CT molecular complexity index is 874. The Kier molecular flexibility index (Phi) is 6.52. The Balaban J connectivity index is 1.58. The summed E-state index contributed by atoms with van der Waals surface area (Å²) >= 11 is 0. The summed E-state index contributed by atoms with van der Waals surface area (Å²) < 4.78 is 0. The predicted octanol–water partition coefficient (Wildman–Crippen LogP) is 3.09. The molecule has 30 heavy (non-hydrogen) atoms. The molecule has 1 N–H and O–H groups in total. The van der Waals surface area contributed by atoms with Gasteiger partial charge in [-0.1, -0.05) is 26.2 Å². The number of pyridine rings is 1. The molecule has 3 heterocycles. The van der Waals surface area contributed by atoms with E-state index >= 15 is 0 Å². The SMILES string of the molecule is CCc1nc(Nc2ncccc2C(=O)C2CCCCC2)nc(N2CCN(C)CC2)n1. The molecular weight excluding hydrogens is 378 g/mol.